The summed E-state index contributed by atoms with van der Waals surface area (Å²) < 4.78 is 2.06. The Bertz CT molecular complexity index is 869. The van der Waals surface area contributed by atoms with Crippen LogP contribution in [0.1, 0.15) is 41.2 Å². The minimum atomic E-state index is 0.124. The third kappa shape index (κ3) is 2.48. The number of fused-ring (bicyclic) bond motifs is 1. The molecule has 3 heterocycles. The Labute approximate surface area is 141 Å². The van der Waals surface area contributed by atoms with Crippen molar-refractivity contribution in [1.82, 2.24) is 14.5 Å². The summed E-state index contributed by atoms with van der Waals surface area (Å²) in [6, 6.07) is 12.2. The lowest BCUT2D eigenvalue weighted by atomic mass is 9.95. The molecule has 4 rings (SSSR count). The first-order valence-corrected chi connectivity index (χ1v) is 8.50. The van der Waals surface area contributed by atoms with Crippen LogP contribution in [0.25, 0.3) is 10.9 Å². The standard InChI is InChI=1S/C20H21N3O/c1-22-13-10-16-17(7-4-9-19(16)22)20(24)23-12-3-2-8-18(23)15-6-5-11-21-14-15/h4-7,9-11,13-14,18H,2-3,8,12H2,1H3. The van der Waals surface area contributed by atoms with Crippen LogP contribution < -0.4 is 0 Å². The summed E-state index contributed by atoms with van der Waals surface area (Å²) in [5.74, 6) is 0.125. The number of aryl methyl sites for hydroxylation is 1. The van der Waals surface area contributed by atoms with Gasteiger partial charge in [-0.15, -0.1) is 0 Å². The molecule has 1 saturated heterocycles. The monoisotopic (exact) mass is 319 g/mol. The van der Waals surface area contributed by atoms with E-state index in [1.165, 1.54) is 0 Å². The van der Waals surface area contributed by atoms with Gasteiger partial charge in [-0.3, -0.25) is 9.78 Å². The van der Waals surface area contributed by atoms with Gasteiger partial charge in [-0.05, 0) is 49.1 Å². The molecule has 1 aliphatic heterocycles. The van der Waals surface area contributed by atoms with E-state index in [1.54, 1.807) is 6.20 Å². The molecule has 2 aromatic heterocycles. The summed E-state index contributed by atoms with van der Waals surface area (Å²) in [6.45, 7) is 0.807. The zero-order valence-corrected chi connectivity index (χ0v) is 13.9. The number of aromatic nitrogens is 2. The molecule has 3 aromatic rings. The molecule has 0 N–H and O–H groups in total. The lowest BCUT2D eigenvalue weighted by molar-refractivity contribution is 0.0613. The zero-order valence-electron chi connectivity index (χ0n) is 13.9. The fourth-order valence-corrected chi connectivity index (χ4v) is 3.74. The SMILES string of the molecule is Cn1ccc2c(C(=O)N3CCCCC3c3cccnc3)cccc21. The lowest BCUT2D eigenvalue weighted by Crippen LogP contribution is -2.38. The molecular weight excluding hydrogens is 298 g/mol. The van der Waals surface area contributed by atoms with Gasteiger partial charge in [0.2, 0.25) is 0 Å². The van der Waals surface area contributed by atoms with Crippen molar-refractivity contribution < 1.29 is 4.79 Å². The summed E-state index contributed by atoms with van der Waals surface area (Å²) >= 11 is 0. The van der Waals surface area contributed by atoms with Crippen LogP contribution >= 0.6 is 0 Å². The van der Waals surface area contributed by atoms with Crippen LogP contribution in [-0.2, 0) is 7.05 Å². The largest absolute Gasteiger partial charge is 0.351 e. The van der Waals surface area contributed by atoms with E-state index >= 15 is 0 Å². The number of amides is 1. The average molecular weight is 319 g/mol. The van der Waals surface area contributed by atoms with E-state index in [0.717, 1.165) is 47.8 Å². The second-order valence-electron chi connectivity index (χ2n) is 6.46. The van der Waals surface area contributed by atoms with Crippen LogP contribution in [0.3, 0.4) is 0 Å². The maximum atomic E-state index is 13.3. The lowest BCUT2D eigenvalue weighted by Gasteiger charge is -2.36. The van der Waals surface area contributed by atoms with Crippen LogP contribution in [0.2, 0.25) is 0 Å². The second kappa shape index (κ2) is 6.11. The van der Waals surface area contributed by atoms with Crippen LogP contribution in [0.4, 0.5) is 0 Å². The number of nitrogens with zero attached hydrogens (tertiary/aromatic N) is 3. The van der Waals surface area contributed by atoms with Gasteiger partial charge < -0.3 is 9.47 Å². The molecule has 0 bridgehead atoms. The minimum absolute atomic E-state index is 0.124. The molecule has 1 atom stereocenters. The molecule has 122 valence electrons. The molecule has 24 heavy (non-hydrogen) atoms. The number of benzene rings is 1. The maximum absolute atomic E-state index is 13.3. The van der Waals surface area contributed by atoms with Crippen LogP contribution in [-0.4, -0.2) is 26.9 Å². The summed E-state index contributed by atoms with van der Waals surface area (Å²) in [7, 11) is 2.01. The van der Waals surface area contributed by atoms with Gasteiger partial charge >= 0.3 is 0 Å². The molecule has 1 amide bonds. The molecule has 1 aliphatic rings. The number of piperidine rings is 1. The molecule has 4 heteroatoms. The van der Waals surface area contributed by atoms with E-state index in [1.807, 2.05) is 48.6 Å². The van der Waals surface area contributed by atoms with Crippen LogP contribution in [0.15, 0.2) is 55.0 Å². The van der Waals surface area contributed by atoms with Gasteiger partial charge in [0.05, 0.1) is 6.04 Å². The molecule has 0 saturated carbocycles. The second-order valence-corrected chi connectivity index (χ2v) is 6.46. The van der Waals surface area contributed by atoms with Gasteiger partial charge in [0.15, 0.2) is 0 Å². The number of likely N-dealkylation sites (tertiary alicyclic amines) is 1. The van der Waals surface area contributed by atoms with Gasteiger partial charge in [-0.25, -0.2) is 0 Å². The first-order valence-electron chi connectivity index (χ1n) is 8.50. The van der Waals surface area contributed by atoms with Crippen LogP contribution in [0, 0.1) is 0 Å². The maximum Gasteiger partial charge on any atom is 0.255 e. The van der Waals surface area contributed by atoms with E-state index in [-0.39, 0.29) is 11.9 Å². The Morgan fingerprint density at radius 2 is 2.08 bits per heavy atom. The summed E-state index contributed by atoms with van der Waals surface area (Å²) in [4.78, 5) is 19.6. The highest BCUT2D eigenvalue weighted by molar-refractivity contribution is 6.06. The molecule has 1 aromatic carbocycles. The van der Waals surface area contributed by atoms with Crippen molar-refractivity contribution in [3.63, 3.8) is 0 Å². The number of carbonyl (C=O) groups is 1. The summed E-state index contributed by atoms with van der Waals surface area (Å²) in [5, 5.41) is 1.03. The normalized spacial score (nSPS) is 18.0. The van der Waals surface area contributed by atoms with Crippen molar-refractivity contribution in [1.29, 1.82) is 0 Å². The van der Waals surface area contributed by atoms with Crippen molar-refractivity contribution in [3.05, 3.63) is 66.1 Å². The third-order valence-electron chi connectivity index (χ3n) is 4.99. The number of rotatable bonds is 2. The van der Waals surface area contributed by atoms with Gasteiger partial charge in [-0.2, -0.15) is 0 Å². The Morgan fingerprint density at radius 1 is 1.17 bits per heavy atom. The highest BCUT2D eigenvalue weighted by Gasteiger charge is 2.29. The molecule has 4 nitrogen and oxygen atoms in total. The topological polar surface area (TPSA) is 38.1 Å². The Morgan fingerprint density at radius 3 is 2.92 bits per heavy atom. The number of pyridine rings is 1. The Balaban J connectivity index is 1.73. The molecular formula is C20H21N3O. The van der Waals surface area contributed by atoms with Crippen molar-refractivity contribution in [3.8, 4) is 0 Å². The highest BCUT2D eigenvalue weighted by atomic mass is 16.2. The fraction of sp³-hybridized carbons (Fsp3) is 0.300. The number of hydrogen-bond acceptors (Lipinski definition) is 2. The van der Waals surface area contributed by atoms with Gasteiger partial charge in [0.1, 0.15) is 0 Å². The summed E-state index contributed by atoms with van der Waals surface area (Å²) in [5.41, 5.74) is 3.02. The van der Waals surface area contributed by atoms with E-state index in [2.05, 4.69) is 21.7 Å². The first-order chi connectivity index (χ1) is 11.8. The minimum Gasteiger partial charge on any atom is -0.351 e. The number of carbonyl (C=O) groups excluding carboxylic acids is 1. The van der Waals surface area contributed by atoms with Crippen molar-refractivity contribution in [2.24, 2.45) is 7.05 Å². The highest BCUT2D eigenvalue weighted by Crippen LogP contribution is 2.33. The molecule has 1 fully saturated rings. The van der Waals surface area contributed by atoms with E-state index < -0.39 is 0 Å². The van der Waals surface area contributed by atoms with E-state index in [0.29, 0.717) is 0 Å². The third-order valence-corrected chi connectivity index (χ3v) is 4.99. The van der Waals surface area contributed by atoms with Gasteiger partial charge in [0.25, 0.3) is 5.91 Å². The number of hydrogen-bond donors (Lipinski definition) is 0. The molecule has 0 spiro atoms. The first kappa shape index (κ1) is 14.9. The van der Waals surface area contributed by atoms with Crippen LogP contribution in [0.5, 0.6) is 0 Å². The molecule has 1 unspecified atom stereocenters. The Kier molecular flexibility index (Phi) is 3.81. The van der Waals surface area contributed by atoms with Gasteiger partial charge in [-0.1, -0.05) is 12.1 Å². The molecule has 0 aliphatic carbocycles. The quantitative estimate of drug-likeness (QED) is 0.717. The molecule has 0 radical (unpaired) electrons. The smallest absolute Gasteiger partial charge is 0.255 e. The fourth-order valence-electron chi connectivity index (χ4n) is 3.74. The summed E-state index contributed by atoms with van der Waals surface area (Å²) in [6.07, 6.45) is 8.90. The van der Waals surface area contributed by atoms with Crippen molar-refractivity contribution in [2.75, 3.05) is 6.54 Å². The van der Waals surface area contributed by atoms with Gasteiger partial charge in [0, 0.05) is 48.6 Å². The van der Waals surface area contributed by atoms with E-state index in [4.69, 9.17) is 0 Å². The predicted octanol–water partition coefficient (Wildman–Crippen LogP) is 3.94. The Hall–Kier alpha value is -2.62. The van der Waals surface area contributed by atoms with Crippen molar-refractivity contribution >= 4 is 16.8 Å². The van der Waals surface area contributed by atoms with Crippen molar-refractivity contribution in [2.45, 2.75) is 25.3 Å². The zero-order chi connectivity index (χ0) is 16.5. The predicted molar refractivity (Wildman–Crippen MR) is 94.8 cm³/mol. The van der Waals surface area contributed by atoms with E-state index in [9.17, 15) is 4.79 Å². The average Bonchev–Trinajstić information content (AvgIpc) is 3.03.